The van der Waals surface area contributed by atoms with E-state index < -0.39 is 24.1 Å². The van der Waals surface area contributed by atoms with Crippen LogP contribution in [-0.2, 0) is 9.59 Å². The molecule has 1 aliphatic rings. The topological polar surface area (TPSA) is 119 Å². The number of aliphatic hydroxyl groups excluding tert-OH is 1. The molecule has 2 atom stereocenters. The maximum absolute atomic E-state index is 11.8. The minimum absolute atomic E-state index is 0.00228. The lowest BCUT2D eigenvalue weighted by atomic mass is 10.2. The molecule has 1 fully saturated rings. The Balaban J connectivity index is 2.42. The van der Waals surface area contributed by atoms with Gasteiger partial charge in [-0.15, -0.1) is 0 Å². The summed E-state index contributed by atoms with van der Waals surface area (Å²) in [4.78, 5) is 35.2. The van der Waals surface area contributed by atoms with E-state index in [1.54, 1.807) is 0 Å². The number of rotatable bonds is 5. The molecule has 0 unspecified atom stereocenters. The van der Waals surface area contributed by atoms with E-state index in [0.29, 0.717) is 12.5 Å². The van der Waals surface area contributed by atoms with E-state index in [2.05, 4.69) is 10.6 Å². The third-order valence-corrected chi connectivity index (χ3v) is 2.93. The van der Waals surface area contributed by atoms with Crippen LogP contribution in [0.25, 0.3) is 0 Å². The fourth-order valence-corrected chi connectivity index (χ4v) is 1.91. The summed E-state index contributed by atoms with van der Waals surface area (Å²) in [5.41, 5.74) is 0. The van der Waals surface area contributed by atoms with Crippen LogP contribution in [-0.4, -0.2) is 64.8 Å². The zero-order valence-corrected chi connectivity index (χ0v) is 11.6. The van der Waals surface area contributed by atoms with Gasteiger partial charge in [-0.1, -0.05) is 13.8 Å². The number of carboxylic acid groups (broad SMARTS) is 1. The summed E-state index contributed by atoms with van der Waals surface area (Å²) in [6, 6.07) is -1.71. The number of hydrogen-bond acceptors (Lipinski definition) is 4. The Kier molecular flexibility index (Phi) is 5.75. The monoisotopic (exact) mass is 287 g/mol. The van der Waals surface area contributed by atoms with E-state index in [1.165, 1.54) is 0 Å². The van der Waals surface area contributed by atoms with Crippen molar-refractivity contribution >= 4 is 17.9 Å². The number of likely N-dealkylation sites (tertiary alicyclic amines) is 1. The summed E-state index contributed by atoms with van der Waals surface area (Å²) in [7, 11) is 0. The van der Waals surface area contributed by atoms with Crippen LogP contribution in [0.5, 0.6) is 0 Å². The smallest absolute Gasteiger partial charge is 0.326 e. The summed E-state index contributed by atoms with van der Waals surface area (Å²) >= 11 is 0. The molecule has 20 heavy (non-hydrogen) atoms. The highest BCUT2D eigenvalue weighted by molar-refractivity contribution is 5.87. The first-order chi connectivity index (χ1) is 9.31. The van der Waals surface area contributed by atoms with E-state index in [0.717, 1.165) is 4.90 Å². The van der Waals surface area contributed by atoms with Gasteiger partial charge < -0.3 is 25.7 Å². The molecule has 4 N–H and O–H groups in total. The summed E-state index contributed by atoms with van der Waals surface area (Å²) in [6.07, 6.45) is -0.848. The molecule has 114 valence electrons. The number of nitrogens with zero attached hydrogens (tertiary/aromatic N) is 1. The van der Waals surface area contributed by atoms with Crippen molar-refractivity contribution in [3.05, 3.63) is 0 Å². The Morgan fingerprint density at radius 3 is 2.50 bits per heavy atom. The first-order valence-corrected chi connectivity index (χ1v) is 6.53. The van der Waals surface area contributed by atoms with Gasteiger partial charge in [0.2, 0.25) is 5.91 Å². The van der Waals surface area contributed by atoms with Crippen molar-refractivity contribution in [1.29, 1.82) is 0 Å². The van der Waals surface area contributed by atoms with Gasteiger partial charge in [-0.05, 0) is 5.92 Å². The minimum atomic E-state index is -1.17. The van der Waals surface area contributed by atoms with E-state index in [9.17, 15) is 19.5 Å². The van der Waals surface area contributed by atoms with Crippen LogP contribution in [0, 0.1) is 5.92 Å². The van der Waals surface area contributed by atoms with E-state index in [-0.39, 0.29) is 25.4 Å². The highest BCUT2D eigenvalue weighted by Gasteiger charge is 2.38. The largest absolute Gasteiger partial charge is 0.480 e. The number of aliphatic carboxylic acids is 1. The summed E-state index contributed by atoms with van der Waals surface area (Å²) in [5.74, 6) is -1.19. The Morgan fingerprint density at radius 2 is 1.95 bits per heavy atom. The molecule has 0 radical (unpaired) electrons. The average Bonchev–Trinajstić information content (AvgIpc) is 2.75. The Bertz CT molecular complexity index is 385. The lowest BCUT2D eigenvalue weighted by molar-refractivity contribution is -0.141. The van der Waals surface area contributed by atoms with Crippen molar-refractivity contribution < 1.29 is 24.6 Å². The van der Waals surface area contributed by atoms with Gasteiger partial charge in [0.05, 0.1) is 12.6 Å². The fourth-order valence-electron chi connectivity index (χ4n) is 1.91. The summed E-state index contributed by atoms with van der Waals surface area (Å²) in [5, 5.41) is 23.4. The quantitative estimate of drug-likeness (QED) is 0.516. The minimum Gasteiger partial charge on any atom is -0.480 e. The van der Waals surface area contributed by atoms with Crippen molar-refractivity contribution in [3.63, 3.8) is 0 Å². The van der Waals surface area contributed by atoms with Gasteiger partial charge in [0.25, 0.3) is 0 Å². The summed E-state index contributed by atoms with van der Waals surface area (Å²) in [6.45, 7) is 4.14. The average molecular weight is 287 g/mol. The molecule has 3 amide bonds. The Hall–Kier alpha value is -1.83. The van der Waals surface area contributed by atoms with Gasteiger partial charge in [-0.2, -0.15) is 0 Å². The van der Waals surface area contributed by atoms with E-state index in [4.69, 9.17) is 5.11 Å². The molecule has 0 aliphatic carbocycles. The second-order valence-corrected chi connectivity index (χ2v) is 5.25. The number of carboxylic acids is 1. The maximum Gasteiger partial charge on any atom is 0.326 e. The molecular weight excluding hydrogens is 266 g/mol. The number of carbonyl (C=O) groups excluding carboxylic acids is 2. The van der Waals surface area contributed by atoms with Crippen molar-refractivity contribution in [1.82, 2.24) is 15.5 Å². The third kappa shape index (κ3) is 4.69. The lowest BCUT2D eigenvalue weighted by Crippen LogP contribution is -2.48. The molecule has 8 heteroatoms. The van der Waals surface area contributed by atoms with Gasteiger partial charge in [-0.3, -0.25) is 4.79 Å². The Labute approximate surface area is 117 Å². The third-order valence-electron chi connectivity index (χ3n) is 2.93. The molecule has 8 nitrogen and oxygen atoms in total. The SMILES string of the molecule is CC(C)CNC(=O)CNC(=O)N1C[C@H](O)C[C@@H]1C(=O)O. The molecule has 0 spiro atoms. The number of nitrogens with one attached hydrogen (secondary N) is 2. The summed E-state index contributed by atoms with van der Waals surface area (Å²) < 4.78 is 0. The molecular formula is C12H21N3O5. The number of β-amino-alcohol motifs (C(OH)–C–C–N with tert-alkyl or cyclic N) is 1. The predicted molar refractivity (Wildman–Crippen MR) is 70.0 cm³/mol. The molecule has 0 saturated carbocycles. The zero-order valence-electron chi connectivity index (χ0n) is 11.6. The van der Waals surface area contributed by atoms with Crippen molar-refractivity contribution in [3.8, 4) is 0 Å². The second-order valence-electron chi connectivity index (χ2n) is 5.25. The molecule has 0 aromatic heterocycles. The van der Waals surface area contributed by atoms with Crippen LogP contribution in [0.15, 0.2) is 0 Å². The number of hydrogen-bond donors (Lipinski definition) is 4. The highest BCUT2D eigenvalue weighted by Crippen LogP contribution is 2.17. The zero-order chi connectivity index (χ0) is 15.3. The van der Waals surface area contributed by atoms with Gasteiger partial charge >= 0.3 is 12.0 Å². The fraction of sp³-hybridized carbons (Fsp3) is 0.750. The number of aliphatic hydroxyl groups is 1. The van der Waals surface area contributed by atoms with Crippen LogP contribution in [0.3, 0.4) is 0 Å². The first kappa shape index (κ1) is 16.2. The van der Waals surface area contributed by atoms with Gasteiger partial charge in [0.15, 0.2) is 0 Å². The standard InChI is InChI=1S/C12H21N3O5/c1-7(2)4-13-10(17)5-14-12(20)15-6-8(16)3-9(15)11(18)19/h7-9,16H,3-6H2,1-2H3,(H,13,17)(H,14,20)(H,18,19)/t8-,9-/m1/s1. The molecule has 0 aromatic carbocycles. The normalized spacial score (nSPS) is 21.9. The van der Waals surface area contributed by atoms with Gasteiger partial charge in [-0.25, -0.2) is 9.59 Å². The first-order valence-electron chi connectivity index (χ1n) is 6.53. The second kappa shape index (κ2) is 7.09. The highest BCUT2D eigenvalue weighted by atomic mass is 16.4. The van der Waals surface area contributed by atoms with Crippen LogP contribution >= 0.6 is 0 Å². The lowest BCUT2D eigenvalue weighted by Gasteiger charge is -2.21. The van der Waals surface area contributed by atoms with Gasteiger partial charge in [0, 0.05) is 19.5 Å². The van der Waals surface area contributed by atoms with Crippen LogP contribution < -0.4 is 10.6 Å². The predicted octanol–water partition coefficient (Wildman–Crippen LogP) is -1.01. The molecule has 0 aromatic rings. The van der Waals surface area contributed by atoms with E-state index >= 15 is 0 Å². The number of carbonyl (C=O) groups is 3. The molecule has 1 heterocycles. The number of urea groups is 1. The molecule has 1 rings (SSSR count). The van der Waals surface area contributed by atoms with E-state index in [1.807, 2.05) is 13.8 Å². The van der Waals surface area contributed by atoms with Crippen molar-refractivity contribution in [2.45, 2.75) is 32.4 Å². The van der Waals surface area contributed by atoms with Crippen LogP contribution in [0.1, 0.15) is 20.3 Å². The van der Waals surface area contributed by atoms with Gasteiger partial charge in [0.1, 0.15) is 6.04 Å². The van der Waals surface area contributed by atoms with Crippen molar-refractivity contribution in [2.75, 3.05) is 19.6 Å². The van der Waals surface area contributed by atoms with Crippen LogP contribution in [0.4, 0.5) is 4.79 Å². The Morgan fingerprint density at radius 1 is 1.30 bits per heavy atom. The molecule has 1 aliphatic heterocycles. The number of amides is 3. The van der Waals surface area contributed by atoms with Crippen LogP contribution in [0.2, 0.25) is 0 Å². The molecule has 1 saturated heterocycles. The maximum atomic E-state index is 11.8. The molecule has 0 bridgehead atoms. The van der Waals surface area contributed by atoms with Crippen molar-refractivity contribution in [2.24, 2.45) is 5.92 Å².